The van der Waals surface area contributed by atoms with Crippen LogP contribution in [0.5, 0.6) is 0 Å². The van der Waals surface area contributed by atoms with Crippen LogP contribution in [-0.2, 0) is 0 Å². The Labute approximate surface area is 148 Å². The van der Waals surface area contributed by atoms with E-state index in [9.17, 15) is 9.59 Å². The van der Waals surface area contributed by atoms with E-state index in [1.807, 2.05) is 37.3 Å². The second kappa shape index (κ2) is 7.92. The molecule has 0 aliphatic heterocycles. The third-order valence-electron chi connectivity index (χ3n) is 4.56. The molecule has 5 nitrogen and oxygen atoms in total. The van der Waals surface area contributed by atoms with Crippen molar-refractivity contribution in [3.8, 4) is 0 Å². The number of nitrogens with zero attached hydrogens (tertiary/aromatic N) is 2. The summed E-state index contributed by atoms with van der Waals surface area (Å²) >= 11 is 0. The number of carbonyl (C=O) groups excluding carboxylic acids is 2. The summed E-state index contributed by atoms with van der Waals surface area (Å²) in [7, 11) is 0. The molecule has 1 aliphatic carbocycles. The fraction of sp³-hybridized carbons (Fsp3) is 0.350. The van der Waals surface area contributed by atoms with Gasteiger partial charge in [-0.2, -0.15) is 0 Å². The molecule has 25 heavy (non-hydrogen) atoms. The molecule has 1 fully saturated rings. The molecule has 1 aromatic carbocycles. The van der Waals surface area contributed by atoms with Crippen LogP contribution in [0.4, 0.5) is 5.69 Å². The molecule has 0 radical (unpaired) electrons. The van der Waals surface area contributed by atoms with Gasteiger partial charge in [-0.1, -0.05) is 31.0 Å². The van der Waals surface area contributed by atoms with Gasteiger partial charge < -0.3 is 10.2 Å². The Hall–Kier alpha value is -2.69. The van der Waals surface area contributed by atoms with Crippen LogP contribution in [0.2, 0.25) is 0 Å². The zero-order chi connectivity index (χ0) is 17.6. The summed E-state index contributed by atoms with van der Waals surface area (Å²) in [6, 6.07) is 13.0. The van der Waals surface area contributed by atoms with E-state index >= 15 is 0 Å². The van der Waals surface area contributed by atoms with E-state index in [-0.39, 0.29) is 23.6 Å². The van der Waals surface area contributed by atoms with Gasteiger partial charge >= 0.3 is 0 Å². The maximum atomic E-state index is 12.8. The fourth-order valence-electron chi connectivity index (χ4n) is 3.22. The minimum Gasteiger partial charge on any atom is -0.349 e. The number of anilines is 1. The zero-order valence-corrected chi connectivity index (χ0v) is 14.4. The summed E-state index contributed by atoms with van der Waals surface area (Å²) in [6.45, 7) is 2.45. The van der Waals surface area contributed by atoms with Crippen LogP contribution in [-0.4, -0.2) is 29.4 Å². The second-order valence-electron chi connectivity index (χ2n) is 6.27. The summed E-state index contributed by atoms with van der Waals surface area (Å²) in [4.78, 5) is 31.1. The van der Waals surface area contributed by atoms with E-state index in [2.05, 4.69) is 10.3 Å². The first kappa shape index (κ1) is 17.1. The highest BCUT2D eigenvalue weighted by molar-refractivity contribution is 6.06. The average Bonchev–Trinajstić information content (AvgIpc) is 3.16. The van der Waals surface area contributed by atoms with Crippen LogP contribution in [0.3, 0.4) is 0 Å². The summed E-state index contributed by atoms with van der Waals surface area (Å²) in [5.41, 5.74) is 1.58. The number of rotatable bonds is 5. The van der Waals surface area contributed by atoms with Gasteiger partial charge in [0.05, 0.1) is 0 Å². The number of hydrogen-bond acceptors (Lipinski definition) is 3. The fourth-order valence-corrected chi connectivity index (χ4v) is 3.22. The Kier molecular flexibility index (Phi) is 5.43. The van der Waals surface area contributed by atoms with Crippen LogP contribution in [0.1, 0.15) is 53.5 Å². The highest BCUT2D eigenvalue weighted by atomic mass is 16.2. The number of pyridine rings is 1. The molecule has 2 aromatic rings. The maximum absolute atomic E-state index is 12.8. The molecule has 0 saturated heterocycles. The number of nitrogens with one attached hydrogen (secondary N) is 1. The van der Waals surface area contributed by atoms with Crippen LogP contribution in [0, 0.1) is 0 Å². The first-order valence-electron chi connectivity index (χ1n) is 8.83. The lowest BCUT2D eigenvalue weighted by molar-refractivity contribution is 0.0937. The quantitative estimate of drug-likeness (QED) is 0.909. The van der Waals surface area contributed by atoms with Crippen molar-refractivity contribution in [3.05, 3.63) is 59.9 Å². The number of carbonyl (C=O) groups is 2. The lowest BCUT2D eigenvalue weighted by Gasteiger charge is -2.20. The van der Waals surface area contributed by atoms with Gasteiger partial charge in [0.15, 0.2) is 0 Å². The number of hydrogen-bond donors (Lipinski definition) is 1. The monoisotopic (exact) mass is 337 g/mol. The maximum Gasteiger partial charge on any atom is 0.276 e. The third-order valence-corrected chi connectivity index (χ3v) is 4.56. The summed E-state index contributed by atoms with van der Waals surface area (Å²) in [5.74, 6) is -0.338. The van der Waals surface area contributed by atoms with E-state index < -0.39 is 0 Å². The standard InChI is InChI=1S/C20H23N3O2/c1-2-23(17-10-4-3-5-11-17)20(25)18-14-15(12-13-21-18)19(24)22-16-8-6-7-9-16/h3-5,10-14,16H,2,6-9H2,1H3,(H,22,24). The molecule has 1 heterocycles. The molecule has 0 spiro atoms. The molecule has 1 N–H and O–H groups in total. The summed E-state index contributed by atoms with van der Waals surface area (Å²) < 4.78 is 0. The van der Waals surface area contributed by atoms with E-state index in [4.69, 9.17) is 0 Å². The van der Waals surface area contributed by atoms with Crippen molar-refractivity contribution in [2.24, 2.45) is 0 Å². The molecule has 1 saturated carbocycles. The van der Waals surface area contributed by atoms with Gasteiger partial charge in [0.25, 0.3) is 11.8 Å². The number of para-hydroxylation sites is 1. The highest BCUT2D eigenvalue weighted by Gasteiger charge is 2.21. The average molecular weight is 337 g/mol. The molecule has 5 heteroatoms. The van der Waals surface area contributed by atoms with Crippen molar-refractivity contribution in [2.45, 2.75) is 38.6 Å². The topological polar surface area (TPSA) is 62.3 Å². The largest absolute Gasteiger partial charge is 0.349 e. The Bertz CT molecular complexity index is 740. The predicted octanol–water partition coefficient (Wildman–Crippen LogP) is 3.42. The van der Waals surface area contributed by atoms with Gasteiger partial charge in [-0.3, -0.25) is 14.6 Å². The Morgan fingerprint density at radius 1 is 1.16 bits per heavy atom. The van der Waals surface area contributed by atoms with Gasteiger partial charge in [-0.15, -0.1) is 0 Å². The van der Waals surface area contributed by atoms with Crippen LogP contribution in [0.15, 0.2) is 48.7 Å². The second-order valence-corrected chi connectivity index (χ2v) is 6.27. The smallest absolute Gasteiger partial charge is 0.276 e. The van der Waals surface area contributed by atoms with E-state index in [1.165, 1.54) is 6.20 Å². The summed E-state index contributed by atoms with van der Waals surface area (Å²) in [5, 5.41) is 3.04. The molecule has 2 amide bonds. The van der Waals surface area contributed by atoms with Gasteiger partial charge in [-0.25, -0.2) is 0 Å². The normalized spacial score (nSPS) is 14.3. The number of aromatic nitrogens is 1. The van der Waals surface area contributed by atoms with Gasteiger partial charge in [0, 0.05) is 30.0 Å². The Balaban J connectivity index is 1.77. The molecular weight excluding hydrogens is 314 g/mol. The predicted molar refractivity (Wildman–Crippen MR) is 97.8 cm³/mol. The molecule has 0 atom stereocenters. The number of benzene rings is 1. The SMILES string of the molecule is CCN(C(=O)c1cc(C(=O)NC2CCCC2)ccn1)c1ccccc1. The lowest BCUT2D eigenvalue weighted by atomic mass is 10.1. The molecular formula is C20H23N3O2. The van der Waals surface area contributed by atoms with Crippen LogP contribution < -0.4 is 10.2 Å². The Morgan fingerprint density at radius 3 is 2.56 bits per heavy atom. The van der Waals surface area contributed by atoms with E-state index in [0.29, 0.717) is 12.1 Å². The van der Waals surface area contributed by atoms with Crippen molar-refractivity contribution in [1.82, 2.24) is 10.3 Å². The van der Waals surface area contributed by atoms with Crippen molar-refractivity contribution in [3.63, 3.8) is 0 Å². The van der Waals surface area contributed by atoms with Crippen LogP contribution in [0.25, 0.3) is 0 Å². The molecule has 1 aromatic heterocycles. The first-order valence-corrected chi connectivity index (χ1v) is 8.83. The lowest BCUT2D eigenvalue weighted by Crippen LogP contribution is -2.34. The van der Waals surface area contributed by atoms with Crippen molar-refractivity contribution >= 4 is 17.5 Å². The van der Waals surface area contributed by atoms with Crippen molar-refractivity contribution in [1.29, 1.82) is 0 Å². The molecule has 3 rings (SSSR count). The first-order chi connectivity index (χ1) is 12.2. The molecule has 0 bridgehead atoms. The summed E-state index contributed by atoms with van der Waals surface area (Å²) in [6.07, 6.45) is 5.90. The number of amides is 2. The molecule has 130 valence electrons. The van der Waals surface area contributed by atoms with E-state index in [0.717, 1.165) is 31.4 Å². The Morgan fingerprint density at radius 2 is 1.88 bits per heavy atom. The minimum absolute atomic E-state index is 0.133. The van der Waals surface area contributed by atoms with Crippen molar-refractivity contribution < 1.29 is 9.59 Å². The molecule has 0 unspecified atom stereocenters. The van der Waals surface area contributed by atoms with Crippen molar-refractivity contribution in [2.75, 3.05) is 11.4 Å². The van der Waals surface area contributed by atoms with Gasteiger partial charge in [-0.05, 0) is 44.0 Å². The van der Waals surface area contributed by atoms with Gasteiger partial charge in [0.2, 0.25) is 0 Å². The minimum atomic E-state index is -0.204. The zero-order valence-electron chi connectivity index (χ0n) is 14.4. The van der Waals surface area contributed by atoms with Crippen LogP contribution >= 0.6 is 0 Å². The third kappa shape index (κ3) is 4.05. The molecule has 1 aliphatic rings. The highest BCUT2D eigenvalue weighted by Crippen LogP contribution is 2.19. The van der Waals surface area contributed by atoms with Gasteiger partial charge in [0.1, 0.15) is 5.69 Å². The van der Waals surface area contributed by atoms with E-state index in [1.54, 1.807) is 17.0 Å².